The third kappa shape index (κ3) is 6.77. The van der Waals surface area contributed by atoms with Crippen LogP contribution in [0.25, 0.3) is 0 Å². The van der Waals surface area contributed by atoms with Crippen LogP contribution >= 0.6 is 20.5 Å². The minimum absolute atomic E-state index is 0.954. The number of hydrogen-bond donors (Lipinski definition) is 2. The number of rotatable bonds is 6. The van der Waals surface area contributed by atoms with Gasteiger partial charge in [-0.15, -0.1) is 0 Å². The zero-order valence-electron chi connectivity index (χ0n) is 6.86. The van der Waals surface area contributed by atoms with E-state index in [0.717, 1.165) is 11.0 Å². The molecule has 2 nitrogen and oxygen atoms in total. The van der Waals surface area contributed by atoms with E-state index in [4.69, 9.17) is 0 Å². The van der Waals surface area contributed by atoms with E-state index in [9.17, 15) is 3.44 Å². The number of halogens is 1. The molecule has 0 heterocycles. The predicted molar refractivity (Wildman–Crippen MR) is 54.3 cm³/mol. The first-order valence-electron chi connectivity index (χ1n) is 3.89. The van der Waals surface area contributed by atoms with Crippen molar-refractivity contribution in [2.24, 2.45) is 0 Å². The second-order valence-electron chi connectivity index (χ2n) is 2.20. The molecule has 0 bridgehead atoms. The SMILES string of the molecule is CCCCCNI(O)CC. The van der Waals surface area contributed by atoms with Crippen LogP contribution in [0.1, 0.15) is 33.1 Å². The second kappa shape index (κ2) is 7.75. The zero-order valence-corrected chi connectivity index (χ0v) is 9.02. The quantitative estimate of drug-likeness (QED) is 0.331. The molecular formula is C7H18INO. The van der Waals surface area contributed by atoms with Crippen molar-refractivity contribution >= 4 is 20.5 Å². The van der Waals surface area contributed by atoms with Crippen LogP contribution < -0.4 is 3.53 Å². The molecule has 0 rings (SSSR count). The monoisotopic (exact) mass is 259 g/mol. The van der Waals surface area contributed by atoms with Gasteiger partial charge in [-0.1, -0.05) is 0 Å². The van der Waals surface area contributed by atoms with E-state index in [1.807, 2.05) is 6.92 Å². The molecule has 0 saturated heterocycles. The van der Waals surface area contributed by atoms with Crippen molar-refractivity contribution in [2.75, 3.05) is 11.0 Å². The third-order valence-corrected chi connectivity index (χ3v) is 4.15. The van der Waals surface area contributed by atoms with Crippen LogP contribution in [0.5, 0.6) is 0 Å². The average molecular weight is 259 g/mol. The van der Waals surface area contributed by atoms with Crippen LogP contribution in [-0.2, 0) is 0 Å². The van der Waals surface area contributed by atoms with E-state index in [-0.39, 0.29) is 0 Å². The summed E-state index contributed by atoms with van der Waals surface area (Å²) >= 11 is -1.62. The van der Waals surface area contributed by atoms with Gasteiger partial charge in [-0.25, -0.2) is 0 Å². The summed E-state index contributed by atoms with van der Waals surface area (Å²) in [5.74, 6) is 0. The molecule has 2 N–H and O–H groups in total. The van der Waals surface area contributed by atoms with Gasteiger partial charge in [0.05, 0.1) is 0 Å². The molecule has 0 aliphatic carbocycles. The topological polar surface area (TPSA) is 32.3 Å². The third-order valence-electron chi connectivity index (χ3n) is 1.28. The summed E-state index contributed by atoms with van der Waals surface area (Å²) in [6, 6.07) is 0. The Hall–Kier alpha value is 0.650. The van der Waals surface area contributed by atoms with Crippen LogP contribution in [0.15, 0.2) is 0 Å². The van der Waals surface area contributed by atoms with Crippen molar-refractivity contribution in [3.05, 3.63) is 0 Å². The number of unbranched alkanes of at least 4 members (excludes halogenated alkanes) is 2. The zero-order chi connectivity index (χ0) is 7.82. The van der Waals surface area contributed by atoms with E-state index >= 15 is 0 Å². The van der Waals surface area contributed by atoms with Crippen molar-refractivity contribution in [1.29, 1.82) is 0 Å². The maximum atomic E-state index is 9.20. The molecule has 0 aliphatic heterocycles. The average Bonchev–Trinajstić information content (AvgIpc) is 1.98. The molecular weight excluding hydrogens is 241 g/mol. The van der Waals surface area contributed by atoms with Crippen molar-refractivity contribution in [3.8, 4) is 0 Å². The molecule has 0 spiro atoms. The molecule has 64 valence electrons. The van der Waals surface area contributed by atoms with Gasteiger partial charge >= 0.3 is 71.6 Å². The Morgan fingerprint density at radius 3 is 2.50 bits per heavy atom. The summed E-state index contributed by atoms with van der Waals surface area (Å²) in [6.07, 6.45) is 3.75. The number of nitrogens with one attached hydrogen (secondary N) is 1. The molecule has 0 aromatic carbocycles. The molecule has 0 radical (unpaired) electrons. The Bertz CT molecular complexity index is 70.6. The molecule has 3 heteroatoms. The number of hydrogen-bond acceptors (Lipinski definition) is 2. The molecule has 0 aliphatic rings. The summed E-state index contributed by atoms with van der Waals surface area (Å²) in [5, 5.41) is 0. The van der Waals surface area contributed by atoms with Crippen LogP contribution in [0.2, 0.25) is 0 Å². The van der Waals surface area contributed by atoms with Gasteiger partial charge in [0.25, 0.3) is 0 Å². The fraction of sp³-hybridized carbons (Fsp3) is 1.00. The summed E-state index contributed by atoms with van der Waals surface area (Å²) in [6.45, 7) is 5.25. The molecule has 10 heavy (non-hydrogen) atoms. The summed E-state index contributed by atoms with van der Waals surface area (Å²) < 4.78 is 13.3. The molecule has 0 aromatic heterocycles. The fourth-order valence-corrected chi connectivity index (χ4v) is 2.19. The molecule has 0 unspecified atom stereocenters. The second-order valence-corrected chi connectivity index (χ2v) is 6.41. The number of alkyl halides is 1. The standard InChI is InChI=1S/C7H18INO/c1-3-5-6-7-9-8(10)4-2/h9-10H,3-7H2,1-2H3. The Labute approximate surface area is 71.7 Å². The van der Waals surface area contributed by atoms with Crippen molar-refractivity contribution < 1.29 is 3.44 Å². The van der Waals surface area contributed by atoms with Crippen LogP contribution in [0.4, 0.5) is 0 Å². The van der Waals surface area contributed by atoms with Gasteiger partial charge in [-0.2, -0.15) is 0 Å². The fourth-order valence-electron chi connectivity index (χ4n) is 0.645. The Morgan fingerprint density at radius 1 is 1.30 bits per heavy atom. The molecule has 0 saturated carbocycles. The Kier molecular flexibility index (Phi) is 8.26. The van der Waals surface area contributed by atoms with Crippen LogP contribution in [0, 0.1) is 0 Å². The van der Waals surface area contributed by atoms with E-state index in [0.29, 0.717) is 0 Å². The van der Waals surface area contributed by atoms with E-state index in [1.165, 1.54) is 19.3 Å². The summed E-state index contributed by atoms with van der Waals surface area (Å²) in [4.78, 5) is 0. The normalized spacial score (nSPS) is 11.7. The summed E-state index contributed by atoms with van der Waals surface area (Å²) in [5.41, 5.74) is 0. The first kappa shape index (κ1) is 10.7. The van der Waals surface area contributed by atoms with Crippen LogP contribution in [0.3, 0.4) is 0 Å². The summed E-state index contributed by atoms with van der Waals surface area (Å²) in [7, 11) is 0. The van der Waals surface area contributed by atoms with Gasteiger partial charge < -0.3 is 0 Å². The predicted octanol–water partition coefficient (Wildman–Crippen LogP) is 2.11. The van der Waals surface area contributed by atoms with Crippen molar-refractivity contribution in [3.63, 3.8) is 0 Å². The first-order chi connectivity index (χ1) is 4.81. The van der Waals surface area contributed by atoms with Gasteiger partial charge in [-0.3, -0.25) is 0 Å². The molecule has 0 aromatic rings. The van der Waals surface area contributed by atoms with Gasteiger partial charge in [0, 0.05) is 0 Å². The van der Waals surface area contributed by atoms with Gasteiger partial charge in [0.15, 0.2) is 0 Å². The van der Waals surface area contributed by atoms with Crippen molar-refractivity contribution in [2.45, 2.75) is 33.1 Å². The Morgan fingerprint density at radius 2 is 2.00 bits per heavy atom. The minimum atomic E-state index is -1.62. The van der Waals surface area contributed by atoms with E-state index in [1.54, 1.807) is 0 Å². The van der Waals surface area contributed by atoms with Gasteiger partial charge in [0.1, 0.15) is 0 Å². The Balaban J connectivity index is 2.89. The molecule has 0 amide bonds. The molecule has 0 fully saturated rings. The molecule has 0 atom stereocenters. The van der Waals surface area contributed by atoms with Crippen molar-refractivity contribution in [1.82, 2.24) is 3.53 Å². The van der Waals surface area contributed by atoms with Gasteiger partial charge in [0.2, 0.25) is 0 Å². The van der Waals surface area contributed by atoms with Crippen LogP contribution in [-0.4, -0.2) is 14.4 Å². The van der Waals surface area contributed by atoms with E-state index in [2.05, 4.69) is 10.5 Å². The van der Waals surface area contributed by atoms with E-state index < -0.39 is 20.5 Å². The first-order valence-corrected chi connectivity index (χ1v) is 7.46. The van der Waals surface area contributed by atoms with Gasteiger partial charge in [-0.05, 0) is 0 Å². The maximum absolute atomic E-state index is 9.20.